The predicted octanol–water partition coefficient (Wildman–Crippen LogP) is -0.0308. The summed E-state index contributed by atoms with van der Waals surface area (Å²) in [5.74, 6) is 5.53. The first kappa shape index (κ1) is 13.4. The third-order valence-electron chi connectivity index (χ3n) is 3.40. The Kier molecular flexibility index (Phi) is 5.18. The van der Waals surface area contributed by atoms with E-state index in [1.807, 2.05) is 6.92 Å². The van der Waals surface area contributed by atoms with Gasteiger partial charge in [-0.2, -0.15) is 0 Å². The standard InChI is InChI=1S/C11H23N3O2/c1-8-4-5-14(7-10(8)16-3)6-9(2)11(15)13-12/h8-10H,4-7,12H2,1-3H3,(H,13,15). The van der Waals surface area contributed by atoms with E-state index >= 15 is 0 Å². The van der Waals surface area contributed by atoms with Gasteiger partial charge < -0.3 is 4.74 Å². The van der Waals surface area contributed by atoms with Gasteiger partial charge in [0.05, 0.1) is 6.10 Å². The second kappa shape index (κ2) is 6.18. The van der Waals surface area contributed by atoms with Crippen LogP contribution < -0.4 is 11.3 Å². The highest BCUT2D eigenvalue weighted by molar-refractivity contribution is 5.77. The number of nitrogens with zero attached hydrogens (tertiary/aromatic N) is 1. The summed E-state index contributed by atoms with van der Waals surface area (Å²) < 4.78 is 5.44. The van der Waals surface area contributed by atoms with Crippen LogP contribution >= 0.6 is 0 Å². The maximum Gasteiger partial charge on any atom is 0.237 e. The molecular formula is C11H23N3O2. The molecule has 3 N–H and O–H groups in total. The van der Waals surface area contributed by atoms with Gasteiger partial charge in [-0.3, -0.25) is 15.1 Å². The van der Waals surface area contributed by atoms with Gasteiger partial charge in [-0.15, -0.1) is 0 Å². The number of ether oxygens (including phenoxy) is 1. The lowest BCUT2D eigenvalue weighted by atomic mass is 9.95. The van der Waals surface area contributed by atoms with Crippen molar-refractivity contribution in [3.63, 3.8) is 0 Å². The number of likely N-dealkylation sites (tertiary alicyclic amines) is 1. The van der Waals surface area contributed by atoms with Gasteiger partial charge in [-0.25, -0.2) is 5.84 Å². The Balaban J connectivity index is 2.41. The molecule has 0 aromatic rings. The summed E-state index contributed by atoms with van der Waals surface area (Å²) in [6.45, 7) is 6.78. The Hall–Kier alpha value is -0.650. The second-order valence-electron chi connectivity index (χ2n) is 4.71. The summed E-state index contributed by atoms with van der Waals surface area (Å²) in [7, 11) is 1.75. The molecule has 94 valence electrons. The molecule has 0 aromatic carbocycles. The third kappa shape index (κ3) is 3.43. The molecule has 1 saturated heterocycles. The van der Waals surface area contributed by atoms with Gasteiger partial charge in [0.1, 0.15) is 0 Å². The largest absolute Gasteiger partial charge is 0.380 e. The third-order valence-corrected chi connectivity index (χ3v) is 3.40. The lowest BCUT2D eigenvalue weighted by Crippen LogP contribution is -2.47. The molecule has 0 saturated carbocycles. The molecule has 1 fully saturated rings. The van der Waals surface area contributed by atoms with Crippen LogP contribution in [0.15, 0.2) is 0 Å². The molecule has 0 radical (unpaired) electrons. The Morgan fingerprint density at radius 3 is 2.94 bits per heavy atom. The zero-order valence-electron chi connectivity index (χ0n) is 10.4. The van der Waals surface area contributed by atoms with Crippen molar-refractivity contribution in [2.24, 2.45) is 17.7 Å². The number of methoxy groups -OCH3 is 1. The first-order valence-electron chi connectivity index (χ1n) is 5.84. The Labute approximate surface area is 97.3 Å². The molecule has 0 spiro atoms. The zero-order chi connectivity index (χ0) is 12.1. The van der Waals surface area contributed by atoms with Crippen LogP contribution in [0.5, 0.6) is 0 Å². The van der Waals surface area contributed by atoms with Gasteiger partial charge >= 0.3 is 0 Å². The molecule has 0 bridgehead atoms. The number of rotatable bonds is 4. The van der Waals surface area contributed by atoms with Gasteiger partial charge in [0, 0.05) is 26.1 Å². The van der Waals surface area contributed by atoms with Gasteiger partial charge in [-0.05, 0) is 18.9 Å². The van der Waals surface area contributed by atoms with E-state index in [0.29, 0.717) is 5.92 Å². The van der Waals surface area contributed by atoms with Crippen LogP contribution in [-0.2, 0) is 9.53 Å². The average Bonchev–Trinajstić information content (AvgIpc) is 2.30. The lowest BCUT2D eigenvalue weighted by Gasteiger charge is -2.37. The molecule has 1 heterocycles. The molecular weight excluding hydrogens is 206 g/mol. The normalized spacial score (nSPS) is 28.8. The minimum Gasteiger partial charge on any atom is -0.380 e. The highest BCUT2D eigenvalue weighted by atomic mass is 16.5. The van der Waals surface area contributed by atoms with Crippen LogP contribution in [0.4, 0.5) is 0 Å². The number of carbonyl (C=O) groups is 1. The fraction of sp³-hybridized carbons (Fsp3) is 0.909. The molecule has 5 heteroatoms. The number of carbonyl (C=O) groups excluding carboxylic acids is 1. The molecule has 1 aliphatic rings. The minimum absolute atomic E-state index is 0.0732. The topological polar surface area (TPSA) is 67.6 Å². The molecule has 1 amide bonds. The number of nitrogens with two attached hydrogens (primary N) is 1. The van der Waals surface area contributed by atoms with E-state index in [9.17, 15) is 4.79 Å². The Morgan fingerprint density at radius 2 is 2.38 bits per heavy atom. The molecule has 16 heavy (non-hydrogen) atoms. The number of hydrogen-bond donors (Lipinski definition) is 2. The van der Waals surface area contributed by atoms with Crippen molar-refractivity contribution < 1.29 is 9.53 Å². The average molecular weight is 229 g/mol. The van der Waals surface area contributed by atoms with Crippen LogP contribution in [0.2, 0.25) is 0 Å². The van der Waals surface area contributed by atoms with E-state index in [1.54, 1.807) is 7.11 Å². The highest BCUT2D eigenvalue weighted by Gasteiger charge is 2.27. The van der Waals surface area contributed by atoms with E-state index < -0.39 is 0 Å². The smallest absolute Gasteiger partial charge is 0.237 e. The SMILES string of the molecule is COC1CN(CC(C)C(=O)NN)CCC1C. The maximum atomic E-state index is 11.3. The van der Waals surface area contributed by atoms with Crippen molar-refractivity contribution in [2.45, 2.75) is 26.4 Å². The van der Waals surface area contributed by atoms with Crippen molar-refractivity contribution >= 4 is 5.91 Å². The van der Waals surface area contributed by atoms with Crippen molar-refractivity contribution in [3.05, 3.63) is 0 Å². The van der Waals surface area contributed by atoms with E-state index in [1.165, 1.54) is 0 Å². The second-order valence-corrected chi connectivity index (χ2v) is 4.71. The van der Waals surface area contributed by atoms with Crippen molar-refractivity contribution in [2.75, 3.05) is 26.7 Å². The van der Waals surface area contributed by atoms with Gasteiger partial charge in [0.15, 0.2) is 0 Å². The summed E-state index contributed by atoms with van der Waals surface area (Å²) in [5, 5.41) is 0. The van der Waals surface area contributed by atoms with Gasteiger partial charge in [0.2, 0.25) is 5.91 Å². The highest BCUT2D eigenvalue weighted by Crippen LogP contribution is 2.20. The molecule has 1 rings (SSSR count). The monoisotopic (exact) mass is 229 g/mol. The number of amides is 1. The summed E-state index contributed by atoms with van der Waals surface area (Å²) >= 11 is 0. The molecule has 0 aromatic heterocycles. The van der Waals surface area contributed by atoms with Crippen LogP contribution in [0.1, 0.15) is 20.3 Å². The van der Waals surface area contributed by atoms with E-state index in [2.05, 4.69) is 17.2 Å². The minimum atomic E-state index is -0.104. The zero-order valence-corrected chi connectivity index (χ0v) is 10.4. The Morgan fingerprint density at radius 1 is 1.69 bits per heavy atom. The quantitative estimate of drug-likeness (QED) is 0.403. The van der Waals surface area contributed by atoms with Crippen molar-refractivity contribution in [3.8, 4) is 0 Å². The van der Waals surface area contributed by atoms with Crippen LogP contribution in [0.3, 0.4) is 0 Å². The molecule has 3 unspecified atom stereocenters. The molecule has 3 atom stereocenters. The fourth-order valence-electron chi connectivity index (χ4n) is 2.18. The maximum absolute atomic E-state index is 11.3. The van der Waals surface area contributed by atoms with Crippen LogP contribution in [-0.4, -0.2) is 43.7 Å². The predicted molar refractivity (Wildman–Crippen MR) is 62.5 cm³/mol. The van der Waals surface area contributed by atoms with Crippen LogP contribution in [0.25, 0.3) is 0 Å². The summed E-state index contributed by atoms with van der Waals surface area (Å²) in [5.41, 5.74) is 2.19. The molecule has 5 nitrogen and oxygen atoms in total. The summed E-state index contributed by atoms with van der Waals surface area (Å²) in [6, 6.07) is 0. The van der Waals surface area contributed by atoms with E-state index in [-0.39, 0.29) is 17.9 Å². The van der Waals surface area contributed by atoms with E-state index in [4.69, 9.17) is 10.6 Å². The van der Waals surface area contributed by atoms with Gasteiger partial charge in [-0.1, -0.05) is 13.8 Å². The molecule has 1 aliphatic heterocycles. The fourth-order valence-corrected chi connectivity index (χ4v) is 2.18. The first-order chi connectivity index (χ1) is 7.58. The number of hydrazine groups is 1. The van der Waals surface area contributed by atoms with E-state index in [0.717, 1.165) is 26.1 Å². The number of nitrogens with one attached hydrogen (secondary N) is 1. The van der Waals surface area contributed by atoms with Crippen molar-refractivity contribution in [1.82, 2.24) is 10.3 Å². The first-order valence-corrected chi connectivity index (χ1v) is 5.84. The number of piperidine rings is 1. The number of hydrogen-bond acceptors (Lipinski definition) is 4. The van der Waals surface area contributed by atoms with Crippen LogP contribution in [0, 0.1) is 11.8 Å². The van der Waals surface area contributed by atoms with Gasteiger partial charge in [0.25, 0.3) is 0 Å². The Bertz CT molecular complexity index is 235. The summed E-state index contributed by atoms with van der Waals surface area (Å²) in [4.78, 5) is 13.6. The summed E-state index contributed by atoms with van der Waals surface area (Å²) in [6.07, 6.45) is 1.40. The lowest BCUT2D eigenvalue weighted by molar-refractivity contribution is -0.125. The molecule has 0 aliphatic carbocycles. The van der Waals surface area contributed by atoms with Crippen molar-refractivity contribution in [1.29, 1.82) is 0 Å².